The van der Waals surface area contributed by atoms with E-state index in [0.29, 0.717) is 5.56 Å². The maximum atomic E-state index is 13.4. The Labute approximate surface area is 89.0 Å². The van der Waals surface area contributed by atoms with Crippen molar-refractivity contribution in [3.8, 4) is 0 Å². The molecular formula is C11H7F3O2. The number of halogens is 3. The predicted octanol–water partition coefficient (Wildman–Crippen LogP) is 2.49. The fourth-order valence-electron chi connectivity index (χ4n) is 1.75. The summed E-state index contributed by atoms with van der Waals surface area (Å²) in [7, 11) is 0. The van der Waals surface area contributed by atoms with E-state index in [-0.39, 0.29) is 12.0 Å². The first-order valence-electron chi connectivity index (χ1n) is 4.54. The van der Waals surface area contributed by atoms with E-state index in [0.717, 1.165) is 12.1 Å². The topological polar surface area (TPSA) is 37.3 Å². The molecular weight excluding hydrogens is 221 g/mol. The Balaban J connectivity index is 2.55. The summed E-state index contributed by atoms with van der Waals surface area (Å²) in [4.78, 5) is 10.4. The van der Waals surface area contributed by atoms with Crippen molar-refractivity contribution in [1.29, 1.82) is 0 Å². The van der Waals surface area contributed by atoms with Crippen molar-refractivity contribution in [3.05, 3.63) is 41.2 Å². The smallest absolute Gasteiger partial charge is 0.379 e. The van der Waals surface area contributed by atoms with Crippen LogP contribution < -0.4 is 0 Å². The van der Waals surface area contributed by atoms with Gasteiger partial charge in [0.2, 0.25) is 0 Å². The summed E-state index contributed by atoms with van der Waals surface area (Å²) in [6.45, 7) is 0. The number of allylic oxidation sites excluding steroid dienone is 1. The van der Waals surface area contributed by atoms with E-state index in [2.05, 4.69) is 0 Å². The van der Waals surface area contributed by atoms with Crippen LogP contribution in [0.2, 0.25) is 0 Å². The molecule has 2 nitrogen and oxygen atoms in total. The van der Waals surface area contributed by atoms with Crippen LogP contribution in [0.5, 0.6) is 0 Å². The molecule has 16 heavy (non-hydrogen) atoms. The summed E-state index contributed by atoms with van der Waals surface area (Å²) in [5, 5.41) is 8.40. The number of aliphatic carboxylic acids is 1. The van der Waals surface area contributed by atoms with E-state index < -0.39 is 23.3 Å². The third-order valence-electron chi connectivity index (χ3n) is 2.50. The molecule has 5 heteroatoms. The van der Waals surface area contributed by atoms with Gasteiger partial charge in [0.25, 0.3) is 0 Å². The number of carboxylic acids is 1. The fraction of sp³-hybridized carbons (Fsp3) is 0.182. The fourth-order valence-corrected chi connectivity index (χ4v) is 1.75. The molecule has 2 rings (SSSR count). The molecule has 0 saturated heterocycles. The first kappa shape index (κ1) is 10.7. The number of rotatable bonds is 2. The molecule has 0 aliphatic heterocycles. The zero-order valence-corrected chi connectivity index (χ0v) is 8.01. The van der Waals surface area contributed by atoms with Crippen LogP contribution in [-0.4, -0.2) is 17.0 Å². The van der Waals surface area contributed by atoms with Crippen molar-refractivity contribution in [2.24, 2.45) is 0 Å². The largest absolute Gasteiger partial charge is 0.477 e. The summed E-state index contributed by atoms with van der Waals surface area (Å²) in [5.41, 5.74) is -0.654. The predicted molar refractivity (Wildman–Crippen MR) is 50.7 cm³/mol. The Bertz CT molecular complexity index is 492. The van der Waals surface area contributed by atoms with Crippen LogP contribution in [0.4, 0.5) is 13.2 Å². The molecule has 0 unspecified atom stereocenters. The van der Waals surface area contributed by atoms with Crippen LogP contribution in [-0.2, 0) is 11.2 Å². The highest BCUT2D eigenvalue weighted by molar-refractivity contribution is 5.95. The van der Waals surface area contributed by atoms with Crippen LogP contribution in [0.25, 0.3) is 5.57 Å². The minimum absolute atomic E-state index is 0.130. The molecule has 1 aromatic carbocycles. The highest BCUT2D eigenvalue weighted by Crippen LogP contribution is 2.40. The molecule has 0 amide bonds. The minimum Gasteiger partial charge on any atom is -0.477 e. The number of carboxylic acid groups (broad SMARTS) is 1. The molecule has 0 aromatic heterocycles. The second kappa shape index (κ2) is 3.37. The third kappa shape index (κ3) is 1.39. The summed E-state index contributed by atoms with van der Waals surface area (Å²) < 4.78 is 39.9. The SMILES string of the molecule is O=C(O)C(F)(F)C1=CCc2cccc(F)c21. The maximum Gasteiger partial charge on any atom is 0.379 e. The molecule has 1 N–H and O–H groups in total. The lowest BCUT2D eigenvalue weighted by Crippen LogP contribution is -2.29. The van der Waals surface area contributed by atoms with Gasteiger partial charge >= 0.3 is 11.9 Å². The molecule has 0 spiro atoms. The van der Waals surface area contributed by atoms with Gasteiger partial charge in [-0.3, -0.25) is 0 Å². The molecule has 0 bridgehead atoms. The van der Waals surface area contributed by atoms with Crippen molar-refractivity contribution < 1.29 is 23.1 Å². The third-order valence-corrected chi connectivity index (χ3v) is 2.50. The first-order chi connectivity index (χ1) is 7.44. The highest BCUT2D eigenvalue weighted by Gasteiger charge is 2.46. The van der Waals surface area contributed by atoms with E-state index >= 15 is 0 Å². The van der Waals surface area contributed by atoms with Crippen molar-refractivity contribution in [2.45, 2.75) is 12.3 Å². The highest BCUT2D eigenvalue weighted by atomic mass is 19.3. The summed E-state index contributed by atoms with van der Waals surface area (Å²) in [5.74, 6) is -7.13. The lowest BCUT2D eigenvalue weighted by atomic mass is 10.0. The monoisotopic (exact) mass is 228 g/mol. The number of alkyl halides is 2. The zero-order valence-electron chi connectivity index (χ0n) is 8.01. The van der Waals surface area contributed by atoms with E-state index in [9.17, 15) is 18.0 Å². The zero-order chi connectivity index (χ0) is 11.9. The van der Waals surface area contributed by atoms with Gasteiger partial charge in [-0.05, 0) is 18.1 Å². The molecule has 1 aliphatic rings. The molecule has 1 aliphatic carbocycles. The quantitative estimate of drug-likeness (QED) is 0.844. The van der Waals surface area contributed by atoms with Gasteiger partial charge in [0.15, 0.2) is 0 Å². The Kier molecular flexibility index (Phi) is 2.26. The van der Waals surface area contributed by atoms with Gasteiger partial charge in [0.1, 0.15) is 5.82 Å². The Morgan fingerprint density at radius 2 is 2.06 bits per heavy atom. The van der Waals surface area contributed by atoms with Gasteiger partial charge < -0.3 is 5.11 Å². The van der Waals surface area contributed by atoms with Gasteiger partial charge in [-0.1, -0.05) is 18.2 Å². The number of carbonyl (C=O) groups is 1. The molecule has 0 heterocycles. The molecule has 0 fully saturated rings. The minimum atomic E-state index is -4.05. The second-order valence-electron chi connectivity index (χ2n) is 3.48. The molecule has 0 atom stereocenters. The van der Waals surface area contributed by atoms with Gasteiger partial charge in [0.05, 0.1) is 0 Å². The van der Waals surface area contributed by atoms with Crippen LogP contribution in [0.1, 0.15) is 11.1 Å². The number of hydrogen-bond donors (Lipinski definition) is 1. The van der Waals surface area contributed by atoms with E-state index in [1.54, 1.807) is 0 Å². The van der Waals surface area contributed by atoms with Gasteiger partial charge in [0, 0.05) is 11.1 Å². The summed E-state index contributed by atoms with van der Waals surface area (Å²) >= 11 is 0. The average Bonchev–Trinajstić information content (AvgIpc) is 2.63. The standard InChI is InChI=1S/C11H7F3O2/c12-8-3-1-2-6-4-5-7(9(6)8)11(13,14)10(15)16/h1-3,5H,4H2,(H,15,16). The molecule has 0 radical (unpaired) electrons. The number of hydrogen-bond acceptors (Lipinski definition) is 1. The summed E-state index contributed by atoms with van der Waals surface area (Å²) in [6.07, 6.45) is 1.19. The lowest BCUT2D eigenvalue weighted by Gasteiger charge is -2.14. The molecule has 0 saturated carbocycles. The van der Waals surface area contributed by atoms with Crippen LogP contribution in [0.3, 0.4) is 0 Å². The van der Waals surface area contributed by atoms with Crippen molar-refractivity contribution in [2.75, 3.05) is 0 Å². The van der Waals surface area contributed by atoms with Gasteiger partial charge in [-0.25, -0.2) is 9.18 Å². The Morgan fingerprint density at radius 3 is 2.69 bits per heavy atom. The van der Waals surface area contributed by atoms with Crippen molar-refractivity contribution in [3.63, 3.8) is 0 Å². The van der Waals surface area contributed by atoms with Crippen LogP contribution in [0, 0.1) is 5.82 Å². The van der Waals surface area contributed by atoms with Crippen LogP contribution in [0.15, 0.2) is 24.3 Å². The Hall–Kier alpha value is -1.78. The summed E-state index contributed by atoms with van der Waals surface area (Å²) in [6, 6.07) is 3.94. The molecule has 84 valence electrons. The average molecular weight is 228 g/mol. The van der Waals surface area contributed by atoms with E-state index in [1.807, 2.05) is 0 Å². The van der Waals surface area contributed by atoms with E-state index in [4.69, 9.17) is 5.11 Å². The lowest BCUT2D eigenvalue weighted by molar-refractivity contribution is -0.156. The maximum absolute atomic E-state index is 13.4. The van der Waals surface area contributed by atoms with Gasteiger partial charge in [-0.15, -0.1) is 0 Å². The van der Waals surface area contributed by atoms with Crippen molar-refractivity contribution in [1.82, 2.24) is 0 Å². The Morgan fingerprint density at radius 1 is 1.38 bits per heavy atom. The van der Waals surface area contributed by atoms with Gasteiger partial charge in [-0.2, -0.15) is 8.78 Å². The van der Waals surface area contributed by atoms with Crippen molar-refractivity contribution >= 4 is 11.5 Å². The number of fused-ring (bicyclic) bond motifs is 1. The normalized spacial score (nSPS) is 14.6. The number of benzene rings is 1. The first-order valence-corrected chi connectivity index (χ1v) is 4.54. The second-order valence-corrected chi connectivity index (χ2v) is 3.48. The molecule has 1 aromatic rings. The van der Waals surface area contributed by atoms with E-state index in [1.165, 1.54) is 12.1 Å². The van der Waals surface area contributed by atoms with Crippen LogP contribution >= 0.6 is 0 Å².